The van der Waals surface area contributed by atoms with Gasteiger partial charge >= 0.3 is 0 Å². The monoisotopic (exact) mass is 378 g/mol. The molecule has 4 nitrogen and oxygen atoms in total. The van der Waals surface area contributed by atoms with E-state index in [-0.39, 0.29) is 29.1 Å². The van der Waals surface area contributed by atoms with Crippen LogP contribution >= 0.6 is 11.6 Å². The number of benzene rings is 2. The predicted molar refractivity (Wildman–Crippen MR) is 95.1 cm³/mol. The zero-order valence-electron chi connectivity index (χ0n) is 13.8. The van der Waals surface area contributed by atoms with Crippen molar-refractivity contribution in [1.29, 1.82) is 0 Å². The highest BCUT2D eigenvalue weighted by molar-refractivity contribution is 6.31. The molecule has 0 spiro atoms. The Hall–Kier alpha value is -2.47. The molecule has 0 radical (unpaired) electrons. The molecule has 1 heterocycles. The van der Waals surface area contributed by atoms with E-state index < -0.39 is 17.6 Å². The standard InChI is InChI=1S/C19H17ClF2N2O2/c20-15-4-1-5-16(17(15)22)23-18(25)13-3-2-10-24(11-13)19(26)12-6-8-14(21)9-7-12/h1,4-9,13H,2-3,10-11H2,(H,23,25). The Bertz CT molecular complexity index is 827. The van der Waals surface area contributed by atoms with Gasteiger partial charge in [-0.15, -0.1) is 0 Å². The number of carbonyl (C=O) groups is 2. The van der Waals surface area contributed by atoms with Gasteiger partial charge in [-0.3, -0.25) is 9.59 Å². The lowest BCUT2D eigenvalue weighted by molar-refractivity contribution is -0.121. The molecular formula is C19H17ClF2N2O2. The number of likely N-dealkylation sites (tertiary alicyclic amines) is 1. The molecule has 1 fully saturated rings. The van der Waals surface area contributed by atoms with E-state index in [2.05, 4.69) is 5.32 Å². The second kappa shape index (κ2) is 7.83. The fourth-order valence-corrected chi connectivity index (χ4v) is 3.16. The van der Waals surface area contributed by atoms with Crippen molar-refractivity contribution in [2.45, 2.75) is 12.8 Å². The summed E-state index contributed by atoms with van der Waals surface area (Å²) in [5, 5.41) is 2.47. The van der Waals surface area contributed by atoms with Crippen LogP contribution in [-0.2, 0) is 4.79 Å². The first kappa shape index (κ1) is 18.3. The van der Waals surface area contributed by atoms with Gasteiger partial charge in [-0.05, 0) is 49.2 Å². The summed E-state index contributed by atoms with van der Waals surface area (Å²) < 4.78 is 27.0. The number of hydrogen-bond donors (Lipinski definition) is 1. The normalized spacial score (nSPS) is 17.0. The van der Waals surface area contributed by atoms with Crippen LogP contribution in [0.4, 0.5) is 14.5 Å². The first-order chi connectivity index (χ1) is 12.5. The molecule has 1 N–H and O–H groups in total. The average Bonchev–Trinajstić information content (AvgIpc) is 2.65. The van der Waals surface area contributed by atoms with Crippen molar-refractivity contribution in [1.82, 2.24) is 4.90 Å². The number of piperidine rings is 1. The van der Waals surface area contributed by atoms with Crippen LogP contribution in [0.5, 0.6) is 0 Å². The van der Waals surface area contributed by atoms with Crippen molar-refractivity contribution in [3.8, 4) is 0 Å². The summed E-state index contributed by atoms with van der Waals surface area (Å²) in [6.07, 6.45) is 1.25. The number of nitrogens with one attached hydrogen (secondary N) is 1. The number of amides is 2. The summed E-state index contributed by atoms with van der Waals surface area (Å²) in [6.45, 7) is 0.746. The molecule has 0 bridgehead atoms. The molecule has 7 heteroatoms. The van der Waals surface area contributed by atoms with Gasteiger partial charge in [-0.2, -0.15) is 0 Å². The third-order valence-electron chi connectivity index (χ3n) is 4.38. The summed E-state index contributed by atoms with van der Waals surface area (Å²) in [4.78, 5) is 26.6. The minimum absolute atomic E-state index is 0.0180. The summed E-state index contributed by atoms with van der Waals surface area (Å²) in [7, 11) is 0. The molecule has 1 aliphatic heterocycles. The molecule has 26 heavy (non-hydrogen) atoms. The van der Waals surface area contributed by atoms with Crippen LogP contribution in [0.25, 0.3) is 0 Å². The minimum atomic E-state index is -0.683. The average molecular weight is 379 g/mol. The van der Waals surface area contributed by atoms with Crippen LogP contribution in [0.15, 0.2) is 42.5 Å². The summed E-state index contributed by atoms with van der Waals surface area (Å²) in [5.41, 5.74) is 0.387. The number of rotatable bonds is 3. The van der Waals surface area contributed by atoms with Crippen molar-refractivity contribution in [2.24, 2.45) is 5.92 Å². The van der Waals surface area contributed by atoms with Gasteiger partial charge in [0, 0.05) is 18.7 Å². The van der Waals surface area contributed by atoms with Gasteiger partial charge < -0.3 is 10.2 Å². The molecule has 0 aromatic heterocycles. The zero-order chi connectivity index (χ0) is 18.7. The van der Waals surface area contributed by atoms with E-state index in [1.165, 1.54) is 36.4 Å². The minimum Gasteiger partial charge on any atom is -0.338 e. The summed E-state index contributed by atoms with van der Waals surface area (Å²) in [5.74, 6) is -2.16. The molecule has 2 aromatic rings. The largest absolute Gasteiger partial charge is 0.338 e. The Morgan fingerprint density at radius 2 is 1.85 bits per heavy atom. The summed E-state index contributed by atoms with van der Waals surface area (Å²) >= 11 is 5.72. The zero-order valence-corrected chi connectivity index (χ0v) is 14.6. The predicted octanol–water partition coefficient (Wildman–Crippen LogP) is 4.11. The first-order valence-corrected chi connectivity index (χ1v) is 8.63. The molecule has 1 aliphatic rings. The van der Waals surface area contributed by atoms with Crippen LogP contribution in [0.1, 0.15) is 23.2 Å². The van der Waals surface area contributed by atoms with Gasteiger partial charge in [0.25, 0.3) is 5.91 Å². The van der Waals surface area contributed by atoms with Crippen molar-refractivity contribution in [3.05, 3.63) is 64.7 Å². The number of halogens is 3. The molecule has 3 rings (SSSR count). The quantitative estimate of drug-likeness (QED) is 0.873. The van der Waals surface area contributed by atoms with Crippen LogP contribution in [0.2, 0.25) is 5.02 Å². The molecule has 0 aliphatic carbocycles. The number of nitrogens with zero attached hydrogens (tertiary/aromatic N) is 1. The van der Waals surface area contributed by atoms with Crippen LogP contribution in [-0.4, -0.2) is 29.8 Å². The van der Waals surface area contributed by atoms with E-state index in [1.807, 2.05) is 0 Å². The molecule has 2 aromatic carbocycles. The molecule has 136 valence electrons. The molecule has 1 atom stereocenters. The molecule has 0 saturated carbocycles. The van der Waals surface area contributed by atoms with Gasteiger partial charge in [0.1, 0.15) is 5.82 Å². The smallest absolute Gasteiger partial charge is 0.253 e. The van der Waals surface area contributed by atoms with E-state index in [9.17, 15) is 18.4 Å². The van der Waals surface area contributed by atoms with Crippen LogP contribution < -0.4 is 5.32 Å². The Labute approximate surface area is 154 Å². The highest BCUT2D eigenvalue weighted by Crippen LogP contribution is 2.25. The lowest BCUT2D eigenvalue weighted by Gasteiger charge is -2.32. The fourth-order valence-electron chi connectivity index (χ4n) is 2.99. The maximum Gasteiger partial charge on any atom is 0.253 e. The maximum absolute atomic E-state index is 13.9. The Morgan fingerprint density at radius 1 is 1.12 bits per heavy atom. The highest BCUT2D eigenvalue weighted by atomic mass is 35.5. The van der Waals surface area contributed by atoms with Crippen molar-refractivity contribution in [2.75, 3.05) is 18.4 Å². The number of hydrogen-bond acceptors (Lipinski definition) is 2. The lowest BCUT2D eigenvalue weighted by atomic mass is 9.96. The Morgan fingerprint density at radius 3 is 2.58 bits per heavy atom. The second-order valence-electron chi connectivity index (χ2n) is 6.19. The third kappa shape index (κ3) is 4.02. The van der Waals surface area contributed by atoms with Gasteiger partial charge in [0.15, 0.2) is 5.82 Å². The topological polar surface area (TPSA) is 49.4 Å². The van der Waals surface area contributed by atoms with Crippen molar-refractivity contribution >= 4 is 29.1 Å². The first-order valence-electron chi connectivity index (χ1n) is 8.25. The van der Waals surface area contributed by atoms with Gasteiger partial charge in [-0.25, -0.2) is 8.78 Å². The third-order valence-corrected chi connectivity index (χ3v) is 4.67. The van der Waals surface area contributed by atoms with E-state index in [0.29, 0.717) is 24.9 Å². The van der Waals surface area contributed by atoms with Crippen molar-refractivity contribution < 1.29 is 18.4 Å². The highest BCUT2D eigenvalue weighted by Gasteiger charge is 2.29. The Kier molecular flexibility index (Phi) is 5.52. The van der Waals surface area contributed by atoms with Crippen LogP contribution in [0, 0.1) is 17.6 Å². The molecular weight excluding hydrogens is 362 g/mol. The van der Waals surface area contributed by atoms with Gasteiger partial charge in [-0.1, -0.05) is 17.7 Å². The van der Waals surface area contributed by atoms with Gasteiger partial charge in [0.05, 0.1) is 16.6 Å². The summed E-state index contributed by atoms with van der Waals surface area (Å²) in [6, 6.07) is 9.67. The van der Waals surface area contributed by atoms with Crippen LogP contribution in [0.3, 0.4) is 0 Å². The number of anilines is 1. The SMILES string of the molecule is O=C(Nc1cccc(Cl)c1F)C1CCCN(C(=O)c2ccc(F)cc2)C1. The van der Waals surface area contributed by atoms with E-state index in [4.69, 9.17) is 11.6 Å². The molecule has 1 unspecified atom stereocenters. The Balaban J connectivity index is 1.67. The fraction of sp³-hybridized carbons (Fsp3) is 0.263. The number of carbonyl (C=O) groups excluding carboxylic acids is 2. The van der Waals surface area contributed by atoms with Gasteiger partial charge in [0.2, 0.25) is 5.91 Å². The second-order valence-corrected chi connectivity index (χ2v) is 6.60. The van der Waals surface area contributed by atoms with E-state index in [1.54, 1.807) is 11.0 Å². The maximum atomic E-state index is 13.9. The molecule has 2 amide bonds. The van der Waals surface area contributed by atoms with Crippen molar-refractivity contribution in [3.63, 3.8) is 0 Å². The van der Waals surface area contributed by atoms with E-state index >= 15 is 0 Å². The lowest BCUT2D eigenvalue weighted by Crippen LogP contribution is -2.43. The molecule has 1 saturated heterocycles. The van der Waals surface area contributed by atoms with E-state index in [0.717, 1.165) is 0 Å².